The van der Waals surface area contributed by atoms with Crippen molar-refractivity contribution in [1.82, 2.24) is 15.4 Å². The zero-order chi connectivity index (χ0) is 33.9. The van der Waals surface area contributed by atoms with Gasteiger partial charge in [0, 0.05) is 35.3 Å². The zero-order valence-electron chi connectivity index (χ0n) is 27.4. The Morgan fingerprint density at radius 2 is 1.72 bits per heavy atom. The van der Waals surface area contributed by atoms with E-state index in [1.807, 2.05) is 38.1 Å². The lowest BCUT2D eigenvalue weighted by molar-refractivity contribution is -0.128. The van der Waals surface area contributed by atoms with Crippen LogP contribution in [0.25, 0.3) is 11.1 Å². The van der Waals surface area contributed by atoms with Crippen molar-refractivity contribution >= 4 is 27.5 Å². The van der Waals surface area contributed by atoms with E-state index >= 15 is 0 Å². The molecule has 0 aliphatic carbocycles. The summed E-state index contributed by atoms with van der Waals surface area (Å²) in [5, 5.41) is 15.7. The molecule has 2 amide bonds. The van der Waals surface area contributed by atoms with Crippen LogP contribution in [-0.4, -0.2) is 55.1 Å². The monoisotopic (exact) mass is 652 g/mol. The first-order valence-corrected chi connectivity index (χ1v) is 17.0. The maximum absolute atomic E-state index is 14.3. The third-order valence-electron chi connectivity index (χ3n) is 7.64. The third kappa shape index (κ3) is 9.22. The molecule has 11 heteroatoms. The van der Waals surface area contributed by atoms with E-state index in [9.17, 15) is 27.5 Å². The number of carbonyl (C=O) groups is 2. The van der Waals surface area contributed by atoms with Gasteiger partial charge < -0.3 is 20.6 Å². The Labute approximate surface area is 271 Å². The van der Waals surface area contributed by atoms with Crippen LogP contribution >= 0.6 is 0 Å². The van der Waals surface area contributed by atoms with Crippen LogP contribution in [0.3, 0.4) is 0 Å². The number of carbonyl (C=O) groups excluding carboxylic acids is 2. The first kappa shape index (κ1) is 35.2. The number of benzene rings is 3. The van der Waals surface area contributed by atoms with Crippen molar-refractivity contribution in [2.45, 2.75) is 95.5 Å². The van der Waals surface area contributed by atoms with Crippen molar-refractivity contribution in [3.05, 3.63) is 83.7 Å². The molecule has 0 bridgehead atoms. The molecule has 1 heterocycles. The van der Waals surface area contributed by atoms with Gasteiger partial charge in [-0.25, -0.2) is 17.5 Å². The van der Waals surface area contributed by atoms with Crippen LogP contribution in [0.2, 0.25) is 0 Å². The number of aryl methyl sites for hydroxylation is 1. The minimum Gasteiger partial charge on any atom is -0.392 e. The Kier molecular flexibility index (Phi) is 10.7. The molecule has 9 nitrogen and oxygen atoms in total. The molecule has 0 saturated heterocycles. The van der Waals surface area contributed by atoms with E-state index < -0.39 is 39.1 Å². The van der Waals surface area contributed by atoms with Crippen molar-refractivity contribution in [3.8, 4) is 11.1 Å². The minimum atomic E-state index is -3.80. The highest BCUT2D eigenvalue weighted by Gasteiger charge is 2.33. The van der Waals surface area contributed by atoms with Gasteiger partial charge in [-0.2, -0.15) is 0 Å². The number of nitrogens with zero attached hydrogens (tertiary/aromatic N) is 1. The van der Waals surface area contributed by atoms with Crippen LogP contribution in [-0.2, 0) is 32.6 Å². The molecule has 0 radical (unpaired) electrons. The number of aliphatic hydroxyl groups is 1. The van der Waals surface area contributed by atoms with E-state index in [2.05, 4.69) is 15.4 Å². The molecular weight excluding hydrogens is 607 g/mol. The number of hydrogen-bond acceptors (Lipinski definition) is 6. The summed E-state index contributed by atoms with van der Waals surface area (Å²) in [5.41, 5.74) is 2.00. The molecule has 2 atom stereocenters. The molecule has 3 aromatic carbocycles. The number of β-amino-alcohol motifs (C(OH)–C–C–N with tert-alkyl or cyclic N) is 1. The fourth-order valence-corrected chi connectivity index (χ4v) is 7.20. The fraction of sp³-hybridized carbons (Fsp3) is 0.429. The van der Waals surface area contributed by atoms with Gasteiger partial charge >= 0.3 is 0 Å². The topological polar surface area (TPSA) is 128 Å². The predicted octanol–water partition coefficient (Wildman–Crippen LogP) is 4.67. The van der Waals surface area contributed by atoms with Crippen molar-refractivity contribution < 1.29 is 27.5 Å². The Bertz CT molecular complexity index is 1670. The summed E-state index contributed by atoms with van der Waals surface area (Å²) < 4.78 is 43.4. The number of sulfonamides is 1. The highest BCUT2D eigenvalue weighted by molar-refractivity contribution is 7.89. The van der Waals surface area contributed by atoms with Gasteiger partial charge in [0.1, 0.15) is 11.9 Å². The molecule has 46 heavy (non-hydrogen) atoms. The van der Waals surface area contributed by atoms with Gasteiger partial charge in [0.25, 0.3) is 0 Å². The summed E-state index contributed by atoms with van der Waals surface area (Å²) in [5.74, 6) is -1.02. The summed E-state index contributed by atoms with van der Waals surface area (Å²) in [6.07, 6.45) is 0.234. The molecule has 3 aromatic rings. The Hall–Kier alpha value is -3.64. The van der Waals surface area contributed by atoms with Gasteiger partial charge in [-0.3, -0.25) is 9.59 Å². The van der Waals surface area contributed by atoms with Gasteiger partial charge in [-0.05, 0) is 95.3 Å². The lowest BCUT2D eigenvalue weighted by Crippen LogP contribution is -2.51. The van der Waals surface area contributed by atoms with Gasteiger partial charge in [-0.15, -0.1) is 0 Å². The smallest absolute Gasteiger partial charge is 0.249 e. The summed E-state index contributed by atoms with van der Waals surface area (Å²) in [6.45, 7) is 11.2. The summed E-state index contributed by atoms with van der Waals surface area (Å²) >= 11 is 0. The average molecular weight is 653 g/mol. The minimum absolute atomic E-state index is 0.0923. The van der Waals surface area contributed by atoms with Crippen molar-refractivity contribution in [1.29, 1.82) is 0 Å². The fourth-order valence-electron chi connectivity index (χ4n) is 5.55. The van der Waals surface area contributed by atoms with Crippen molar-refractivity contribution in [2.24, 2.45) is 0 Å². The lowest BCUT2D eigenvalue weighted by atomic mass is 9.99. The average Bonchev–Trinajstić information content (AvgIpc) is 3.07. The highest BCUT2D eigenvalue weighted by atomic mass is 32.2. The Morgan fingerprint density at radius 1 is 1.04 bits per heavy atom. The zero-order valence-corrected chi connectivity index (χ0v) is 28.2. The van der Waals surface area contributed by atoms with Crippen LogP contribution in [0.1, 0.15) is 65.5 Å². The molecular formula is C35H45FN4O5S. The van der Waals surface area contributed by atoms with Crippen molar-refractivity contribution in [2.75, 3.05) is 11.4 Å². The maximum Gasteiger partial charge on any atom is 0.249 e. The van der Waals surface area contributed by atoms with Gasteiger partial charge in [0.2, 0.25) is 21.8 Å². The van der Waals surface area contributed by atoms with Gasteiger partial charge in [-0.1, -0.05) is 42.5 Å². The number of aliphatic hydroxyl groups excluding tert-OH is 1. The second kappa shape index (κ2) is 14.0. The molecule has 4 N–H and O–H groups in total. The van der Waals surface area contributed by atoms with E-state index in [1.54, 1.807) is 62.9 Å². The number of hydrogen-bond donors (Lipinski definition) is 4. The molecule has 0 fully saturated rings. The predicted molar refractivity (Wildman–Crippen MR) is 178 cm³/mol. The number of amides is 2. The van der Waals surface area contributed by atoms with E-state index in [0.29, 0.717) is 41.8 Å². The van der Waals surface area contributed by atoms with E-state index in [0.717, 1.165) is 5.56 Å². The quantitative estimate of drug-likeness (QED) is 0.239. The second-order valence-electron chi connectivity index (χ2n) is 13.7. The standard InChI is InChI=1S/C35H45FN4O5S/c1-23(41)21-37-35(5,6)20-32(42)38-29-17-15-26-19-27(36)16-18-30(26)40(33(29)43)22-24-11-13-25(14-12-24)28-9-7-8-10-31(28)46(44,45)39-34(2,3)4/h7-14,16,18-19,23,29,37,39,41H,15,17,20-22H2,1-6H3,(H,38,42)/t23-,29-/m1/s1. The van der Waals surface area contributed by atoms with Crippen LogP contribution in [0.5, 0.6) is 0 Å². The normalized spacial score (nSPS) is 16.5. The van der Waals surface area contributed by atoms with Crippen LogP contribution < -0.4 is 20.3 Å². The number of nitrogens with one attached hydrogen (secondary N) is 3. The molecule has 0 spiro atoms. The molecule has 0 unspecified atom stereocenters. The lowest BCUT2D eigenvalue weighted by Gasteiger charge is -2.29. The second-order valence-corrected chi connectivity index (χ2v) is 15.3. The SMILES string of the molecule is C[C@@H](O)CNC(C)(C)CC(=O)N[C@@H]1CCc2cc(F)ccc2N(Cc2ccc(-c3ccccc3S(=O)(=O)NC(C)(C)C)cc2)C1=O. The number of anilines is 1. The molecule has 4 rings (SSSR count). The highest BCUT2D eigenvalue weighted by Crippen LogP contribution is 2.32. The summed E-state index contributed by atoms with van der Waals surface area (Å²) in [7, 11) is -3.80. The van der Waals surface area contributed by atoms with E-state index in [-0.39, 0.29) is 29.7 Å². The first-order chi connectivity index (χ1) is 21.4. The van der Waals surface area contributed by atoms with Crippen molar-refractivity contribution in [3.63, 3.8) is 0 Å². The largest absolute Gasteiger partial charge is 0.392 e. The van der Waals surface area contributed by atoms with Gasteiger partial charge in [0.15, 0.2) is 0 Å². The molecule has 0 aromatic heterocycles. The van der Waals surface area contributed by atoms with E-state index in [1.165, 1.54) is 12.1 Å². The Morgan fingerprint density at radius 3 is 2.37 bits per heavy atom. The summed E-state index contributed by atoms with van der Waals surface area (Å²) in [6, 6.07) is 17.6. The maximum atomic E-state index is 14.3. The van der Waals surface area contributed by atoms with Crippen LogP contribution in [0, 0.1) is 5.82 Å². The summed E-state index contributed by atoms with van der Waals surface area (Å²) in [4.78, 5) is 28.8. The number of halogens is 1. The molecule has 0 saturated carbocycles. The van der Waals surface area contributed by atoms with E-state index in [4.69, 9.17) is 0 Å². The van der Waals surface area contributed by atoms with Crippen LogP contribution in [0.4, 0.5) is 10.1 Å². The van der Waals surface area contributed by atoms with Gasteiger partial charge in [0.05, 0.1) is 17.5 Å². The third-order valence-corrected chi connectivity index (χ3v) is 9.45. The molecule has 1 aliphatic rings. The number of rotatable bonds is 11. The molecule has 248 valence electrons. The van der Waals surface area contributed by atoms with Crippen LogP contribution in [0.15, 0.2) is 71.6 Å². The first-order valence-electron chi connectivity index (χ1n) is 15.5. The molecule has 1 aliphatic heterocycles. The Balaban J connectivity index is 1.58. The number of fused-ring (bicyclic) bond motifs is 1.